The van der Waals surface area contributed by atoms with Gasteiger partial charge < -0.3 is 10.6 Å². The number of nitriles is 2. The third-order valence-electron chi connectivity index (χ3n) is 7.86. The Morgan fingerprint density at radius 1 is 1.05 bits per heavy atom. The van der Waals surface area contributed by atoms with Gasteiger partial charge in [-0.3, -0.25) is 4.98 Å². The fourth-order valence-corrected chi connectivity index (χ4v) is 6.63. The molecule has 1 aliphatic carbocycles. The number of aromatic nitrogens is 5. The van der Waals surface area contributed by atoms with Gasteiger partial charge in [-0.25, -0.2) is 9.67 Å². The molecule has 7 rings (SSSR count). The van der Waals surface area contributed by atoms with Crippen molar-refractivity contribution in [1.29, 1.82) is 10.5 Å². The maximum atomic E-state index is 10.1. The number of hydrogen-bond donors (Lipinski definition) is 2. The first-order valence-electron chi connectivity index (χ1n) is 14.3. The summed E-state index contributed by atoms with van der Waals surface area (Å²) in [6, 6.07) is 24.2. The molecule has 2 unspecified atom stereocenters. The maximum absolute atomic E-state index is 10.1. The Hall–Kier alpha value is -5.03. The zero-order valence-corrected chi connectivity index (χ0v) is 25.1. The summed E-state index contributed by atoms with van der Waals surface area (Å²) in [4.78, 5) is 9.07. The van der Waals surface area contributed by atoms with Gasteiger partial charge in [0.25, 0.3) is 0 Å². The van der Waals surface area contributed by atoms with Crippen molar-refractivity contribution in [1.82, 2.24) is 25.0 Å². The normalized spacial score (nSPS) is 14.2. The van der Waals surface area contributed by atoms with Crippen molar-refractivity contribution in [3.63, 3.8) is 0 Å². The molecule has 0 aliphatic heterocycles. The second-order valence-electron chi connectivity index (χ2n) is 10.8. The predicted octanol–water partition coefficient (Wildman–Crippen LogP) is 7.95. The number of thiazole rings is 1. The molecule has 1 aliphatic rings. The minimum absolute atomic E-state index is 0.196. The van der Waals surface area contributed by atoms with E-state index in [1.807, 2.05) is 71.0 Å². The molecule has 216 valence electrons. The summed E-state index contributed by atoms with van der Waals surface area (Å²) < 4.78 is 3.01. The van der Waals surface area contributed by atoms with E-state index in [0.29, 0.717) is 46.1 Å². The third kappa shape index (κ3) is 5.42. The van der Waals surface area contributed by atoms with Crippen LogP contribution in [0.1, 0.15) is 66.2 Å². The molecule has 11 heteroatoms. The molecule has 1 fully saturated rings. The lowest BCUT2D eigenvalue weighted by molar-refractivity contribution is 0.610. The summed E-state index contributed by atoms with van der Waals surface area (Å²) in [6.07, 6.45) is 6.69. The molecular weight excluding hydrogens is 590 g/mol. The van der Waals surface area contributed by atoms with Crippen LogP contribution in [0.5, 0.6) is 0 Å². The van der Waals surface area contributed by atoms with E-state index in [-0.39, 0.29) is 12.1 Å². The summed E-state index contributed by atoms with van der Waals surface area (Å²) in [5.41, 5.74) is 7.94. The third-order valence-corrected chi connectivity index (χ3v) is 9.04. The predicted molar refractivity (Wildman–Crippen MR) is 172 cm³/mol. The first-order chi connectivity index (χ1) is 21.6. The van der Waals surface area contributed by atoms with Crippen LogP contribution in [0.4, 0.5) is 11.4 Å². The molecular formula is C33H26ClN9S. The topological polar surface area (TPSA) is 128 Å². The number of benzene rings is 3. The molecule has 6 aromatic rings. The number of fused-ring (bicyclic) bond motifs is 2. The fraction of sp³-hybridized carbons (Fsp3) is 0.212. The van der Waals surface area contributed by atoms with Crippen LogP contribution >= 0.6 is 22.9 Å². The number of pyridine rings is 1. The number of hydrogen-bond acceptors (Lipinski definition) is 9. The Balaban J connectivity index is 1.33. The highest BCUT2D eigenvalue weighted by Gasteiger charge is 2.28. The van der Waals surface area contributed by atoms with Gasteiger partial charge in [-0.1, -0.05) is 59.3 Å². The molecule has 2 atom stereocenters. The molecule has 3 aromatic heterocycles. The monoisotopic (exact) mass is 615 g/mol. The highest BCUT2D eigenvalue weighted by Crippen LogP contribution is 2.40. The minimum atomic E-state index is -0.337. The van der Waals surface area contributed by atoms with Crippen LogP contribution in [0.15, 0.2) is 78.6 Å². The van der Waals surface area contributed by atoms with E-state index in [1.54, 1.807) is 17.5 Å². The van der Waals surface area contributed by atoms with E-state index >= 15 is 0 Å². The molecule has 0 saturated heterocycles. The Labute approximate surface area is 262 Å². The molecule has 1 saturated carbocycles. The molecule has 0 bridgehead atoms. The van der Waals surface area contributed by atoms with Gasteiger partial charge in [-0.15, -0.1) is 16.4 Å². The van der Waals surface area contributed by atoms with Gasteiger partial charge in [0, 0.05) is 23.7 Å². The average molecular weight is 616 g/mol. The summed E-state index contributed by atoms with van der Waals surface area (Å²) in [5, 5.41) is 36.9. The molecule has 0 spiro atoms. The van der Waals surface area contributed by atoms with Crippen LogP contribution in [0.25, 0.3) is 21.1 Å². The maximum Gasteiger partial charge on any atom is 0.110 e. The Morgan fingerprint density at radius 3 is 2.70 bits per heavy atom. The number of nitrogens with one attached hydrogen (secondary N) is 2. The number of rotatable bonds is 10. The highest BCUT2D eigenvalue weighted by molar-refractivity contribution is 7.17. The van der Waals surface area contributed by atoms with Crippen LogP contribution in [0.3, 0.4) is 0 Å². The van der Waals surface area contributed by atoms with Gasteiger partial charge >= 0.3 is 0 Å². The van der Waals surface area contributed by atoms with E-state index in [1.165, 1.54) is 0 Å². The molecule has 0 radical (unpaired) electrons. The van der Waals surface area contributed by atoms with Gasteiger partial charge in [-0.2, -0.15) is 10.5 Å². The SMILES string of the molecule is N#CCCC(Nc1c(C#N)cnc2c(Cl)cc(NC(c3cn(C4CC4)nn3)c3cccc4ncsc34)cc12)c1ccccc1. The molecule has 44 heavy (non-hydrogen) atoms. The van der Waals surface area contributed by atoms with E-state index in [4.69, 9.17) is 11.6 Å². The van der Waals surface area contributed by atoms with Crippen molar-refractivity contribution >= 4 is 55.4 Å². The minimum Gasteiger partial charge on any atom is -0.377 e. The van der Waals surface area contributed by atoms with E-state index in [0.717, 1.165) is 45.6 Å². The van der Waals surface area contributed by atoms with Crippen molar-refractivity contribution in [2.45, 2.75) is 43.8 Å². The molecule has 2 N–H and O–H groups in total. The lowest BCUT2D eigenvalue weighted by atomic mass is 10.00. The summed E-state index contributed by atoms with van der Waals surface area (Å²) in [5.74, 6) is 0. The van der Waals surface area contributed by atoms with Gasteiger partial charge in [0.1, 0.15) is 11.8 Å². The van der Waals surface area contributed by atoms with Crippen molar-refractivity contribution in [2.24, 2.45) is 0 Å². The van der Waals surface area contributed by atoms with Crippen molar-refractivity contribution < 1.29 is 0 Å². The van der Waals surface area contributed by atoms with Crippen LogP contribution in [0, 0.1) is 22.7 Å². The highest BCUT2D eigenvalue weighted by atomic mass is 35.5. The van der Waals surface area contributed by atoms with Gasteiger partial charge in [0.2, 0.25) is 0 Å². The Bertz CT molecular complexity index is 2050. The number of halogens is 1. The number of nitrogens with zero attached hydrogens (tertiary/aromatic N) is 7. The van der Waals surface area contributed by atoms with Crippen molar-refractivity contribution in [3.8, 4) is 12.1 Å². The van der Waals surface area contributed by atoms with Crippen molar-refractivity contribution in [2.75, 3.05) is 10.6 Å². The number of anilines is 2. The molecule has 3 aromatic carbocycles. The second kappa shape index (κ2) is 11.9. The first kappa shape index (κ1) is 27.8. The van der Waals surface area contributed by atoms with Crippen LogP contribution < -0.4 is 10.6 Å². The standard InChI is InChI=1S/C33H26ClN9S/c34-26-15-22(39-32(29-18-43(42-41-29)23-11-12-23)24-8-4-9-28-33(24)44-19-38-28)14-25-30(21(16-36)17-37-31(25)26)40-27(10-5-13-35)20-6-2-1-3-7-20/h1-4,6-9,14-15,17-19,23,27,32,39H,5,10-12H2,(H,37,40). The lowest BCUT2D eigenvalue weighted by Crippen LogP contribution is -2.14. The zero-order chi connectivity index (χ0) is 30.0. The second-order valence-corrected chi connectivity index (χ2v) is 12.1. The van der Waals surface area contributed by atoms with E-state index < -0.39 is 0 Å². The summed E-state index contributed by atoms with van der Waals surface area (Å²) in [6.45, 7) is 0. The van der Waals surface area contributed by atoms with Gasteiger partial charge in [0.15, 0.2) is 0 Å². The van der Waals surface area contributed by atoms with Gasteiger partial charge in [-0.05, 0) is 48.6 Å². The largest absolute Gasteiger partial charge is 0.377 e. The first-order valence-corrected chi connectivity index (χ1v) is 15.6. The fourth-order valence-electron chi connectivity index (χ4n) is 5.53. The Kier molecular flexibility index (Phi) is 7.53. The van der Waals surface area contributed by atoms with Gasteiger partial charge in [0.05, 0.1) is 67.9 Å². The quantitative estimate of drug-likeness (QED) is 0.159. The van der Waals surface area contributed by atoms with E-state index in [9.17, 15) is 10.5 Å². The summed E-state index contributed by atoms with van der Waals surface area (Å²) in [7, 11) is 0. The summed E-state index contributed by atoms with van der Waals surface area (Å²) >= 11 is 8.46. The molecule has 0 amide bonds. The zero-order valence-electron chi connectivity index (χ0n) is 23.5. The molecule has 9 nitrogen and oxygen atoms in total. The van der Waals surface area contributed by atoms with Crippen molar-refractivity contribution in [3.05, 3.63) is 106 Å². The average Bonchev–Trinajstić information content (AvgIpc) is 3.57. The molecule has 3 heterocycles. The van der Waals surface area contributed by atoms with Crippen LogP contribution in [0.2, 0.25) is 5.02 Å². The lowest BCUT2D eigenvalue weighted by Gasteiger charge is -2.23. The van der Waals surface area contributed by atoms with E-state index in [2.05, 4.69) is 49.1 Å². The van der Waals surface area contributed by atoms with Crippen LogP contribution in [-0.4, -0.2) is 25.0 Å². The van der Waals surface area contributed by atoms with Crippen LogP contribution in [-0.2, 0) is 0 Å². The Morgan fingerprint density at radius 2 is 1.91 bits per heavy atom. The smallest absolute Gasteiger partial charge is 0.110 e.